The van der Waals surface area contributed by atoms with Crippen molar-refractivity contribution in [3.8, 4) is 22.8 Å². The van der Waals surface area contributed by atoms with Gasteiger partial charge in [0.25, 0.3) is 5.89 Å². The van der Waals surface area contributed by atoms with Gasteiger partial charge in [0.05, 0.1) is 4.90 Å². The molecule has 34 heavy (non-hydrogen) atoms. The molecule has 0 radical (unpaired) electrons. The van der Waals surface area contributed by atoms with Gasteiger partial charge in [-0.25, -0.2) is 8.42 Å². The molecule has 2 aromatic carbocycles. The first kappa shape index (κ1) is 22.7. The first-order valence-electron chi connectivity index (χ1n) is 11.7. The number of hydrogen-bond donors (Lipinski definition) is 0. The van der Waals surface area contributed by atoms with Gasteiger partial charge in [0.2, 0.25) is 21.8 Å². The molecule has 1 aromatic heterocycles. The van der Waals surface area contributed by atoms with Crippen LogP contribution in [0.25, 0.3) is 22.8 Å². The normalized spacial score (nSPS) is 17.9. The van der Waals surface area contributed by atoms with Crippen LogP contribution in [0.2, 0.25) is 0 Å². The molecular weight excluding hydrogens is 452 g/mol. The van der Waals surface area contributed by atoms with Gasteiger partial charge in [-0.3, -0.25) is 4.79 Å². The van der Waals surface area contributed by atoms with Crippen LogP contribution in [0.15, 0.2) is 57.9 Å². The monoisotopic (exact) mass is 480 g/mol. The van der Waals surface area contributed by atoms with Crippen molar-refractivity contribution in [3.05, 3.63) is 54.1 Å². The van der Waals surface area contributed by atoms with E-state index in [-0.39, 0.29) is 16.7 Å². The molecule has 2 aliphatic heterocycles. The van der Waals surface area contributed by atoms with E-state index in [1.54, 1.807) is 24.3 Å². The number of aromatic nitrogens is 2. The SMILES string of the molecule is Cc1ccc(-c2nc(-c3ccc(S(=O)(=O)N4CCC(C(=O)N5CCCC5)CC4)cc3)no2)cc1. The minimum absolute atomic E-state index is 0.0760. The summed E-state index contributed by atoms with van der Waals surface area (Å²) in [6.07, 6.45) is 3.26. The van der Waals surface area contributed by atoms with Gasteiger partial charge in [0.1, 0.15) is 0 Å². The van der Waals surface area contributed by atoms with Gasteiger partial charge < -0.3 is 9.42 Å². The molecule has 3 heterocycles. The smallest absolute Gasteiger partial charge is 0.258 e. The van der Waals surface area contributed by atoms with Crippen molar-refractivity contribution in [2.24, 2.45) is 5.92 Å². The number of carbonyl (C=O) groups is 1. The topological polar surface area (TPSA) is 96.6 Å². The first-order valence-corrected chi connectivity index (χ1v) is 13.2. The van der Waals surface area contributed by atoms with Crippen LogP contribution in [0.5, 0.6) is 0 Å². The number of rotatable bonds is 5. The second kappa shape index (κ2) is 9.31. The lowest BCUT2D eigenvalue weighted by Crippen LogP contribution is -2.43. The number of amides is 1. The largest absolute Gasteiger partial charge is 0.342 e. The van der Waals surface area contributed by atoms with E-state index in [0.717, 1.165) is 37.1 Å². The van der Waals surface area contributed by atoms with Gasteiger partial charge >= 0.3 is 0 Å². The Morgan fingerprint density at radius 1 is 0.912 bits per heavy atom. The van der Waals surface area contributed by atoms with Crippen LogP contribution >= 0.6 is 0 Å². The zero-order valence-corrected chi connectivity index (χ0v) is 20.0. The van der Waals surface area contributed by atoms with Crippen LogP contribution in [-0.2, 0) is 14.8 Å². The van der Waals surface area contributed by atoms with E-state index in [2.05, 4.69) is 10.1 Å². The van der Waals surface area contributed by atoms with Crippen molar-refractivity contribution in [1.82, 2.24) is 19.3 Å². The van der Waals surface area contributed by atoms with E-state index < -0.39 is 10.0 Å². The second-order valence-electron chi connectivity index (χ2n) is 9.02. The highest BCUT2D eigenvalue weighted by Gasteiger charge is 2.34. The van der Waals surface area contributed by atoms with Gasteiger partial charge in [0.15, 0.2) is 0 Å². The molecule has 2 fully saturated rings. The van der Waals surface area contributed by atoms with Crippen LogP contribution in [-0.4, -0.2) is 59.8 Å². The number of benzene rings is 2. The maximum Gasteiger partial charge on any atom is 0.258 e. The van der Waals surface area contributed by atoms with Crippen LogP contribution in [0.1, 0.15) is 31.2 Å². The van der Waals surface area contributed by atoms with Crippen molar-refractivity contribution in [2.45, 2.75) is 37.5 Å². The van der Waals surface area contributed by atoms with E-state index in [1.807, 2.05) is 36.1 Å². The summed E-state index contributed by atoms with van der Waals surface area (Å²) < 4.78 is 33.2. The fourth-order valence-electron chi connectivity index (χ4n) is 4.62. The molecule has 1 amide bonds. The zero-order chi connectivity index (χ0) is 23.7. The molecule has 0 spiro atoms. The van der Waals surface area contributed by atoms with E-state index in [0.29, 0.717) is 43.2 Å². The van der Waals surface area contributed by atoms with E-state index >= 15 is 0 Å². The molecule has 0 N–H and O–H groups in total. The molecule has 0 bridgehead atoms. The summed E-state index contributed by atoms with van der Waals surface area (Å²) in [4.78, 5) is 19.2. The number of hydrogen-bond acceptors (Lipinski definition) is 6. The molecule has 0 atom stereocenters. The molecule has 2 saturated heterocycles. The predicted molar refractivity (Wildman–Crippen MR) is 127 cm³/mol. The Bertz CT molecular complexity index is 1260. The molecule has 3 aromatic rings. The number of nitrogens with zero attached hydrogens (tertiary/aromatic N) is 4. The Labute approximate surface area is 199 Å². The highest BCUT2D eigenvalue weighted by molar-refractivity contribution is 7.89. The Balaban J connectivity index is 1.25. The van der Waals surface area contributed by atoms with Crippen molar-refractivity contribution < 1.29 is 17.7 Å². The fraction of sp³-hybridized carbons (Fsp3) is 0.400. The number of piperidine rings is 1. The van der Waals surface area contributed by atoms with E-state index in [1.165, 1.54) is 4.31 Å². The number of sulfonamides is 1. The van der Waals surface area contributed by atoms with Gasteiger partial charge in [-0.1, -0.05) is 22.9 Å². The molecule has 178 valence electrons. The molecule has 5 rings (SSSR count). The minimum atomic E-state index is -3.63. The number of likely N-dealkylation sites (tertiary alicyclic amines) is 1. The third-order valence-electron chi connectivity index (χ3n) is 6.70. The zero-order valence-electron chi connectivity index (χ0n) is 19.2. The summed E-state index contributed by atoms with van der Waals surface area (Å²) in [5, 5.41) is 4.04. The van der Waals surface area contributed by atoms with Crippen molar-refractivity contribution in [3.63, 3.8) is 0 Å². The quantitative estimate of drug-likeness (QED) is 0.552. The van der Waals surface area contributed by atoms with Gasteiger partial charge in [0, 0.05) is 43.2 Å². The third kappa shape index (κ3) is 4.50. The minimum Gasteiger partial charge on any atom is -0.342 e. The molecule has 9 heteroatoms. The van der Waals surface area contributed by atoms with Crippen LogP contribution in [0.3, 0.4) is 0 Å². The van der Waals surface area contributed by atoms with Crippen LogP contribution < -0.4 is 0 Å². The third-order valence-corrected chi connectivity index (χ3v) is 8.61. The van der Waals surface area contributed by atoms with E-state index in [9.17, 15) is 13.2 Å². The maximum absolute atomic E-state index is 13.2. The molecule has 0 aliphatic carbocycles. The highest BCUT2D eigenvalue weighted by Crippen LogP contribution is 2.28. The summed E-state index contributed by atoms with van der Waals surface area (Å²) in [5.41, 5.74) is 2.65. The summed E-state index contributed by atoms with van der Waals surface area (Å²) in [7, 11) is -3.63. The van der Waals surface area contributed by atoms with Gasteiger partial charge in [-0.15, -0.1) is 0 Å². The maximum atomic E-state index is 13.2. The Morgan fingerprint density at radius 2 is 1.53 bits per heavy atom. The summed E-state index contributed by atoms with van der Waals surface area (Å²) in [5.74, 6) is 0.927. The molecule has 8 nitrogen and oxygen atoms in total. The standard InChI is InChI=1S/C25H28N4O4S/c1-18-4-6-20(7-5-18)24-26-23(27-33-24)19-8-10-22(11-9-19)34(31,32)29-16-12-21(13-17-29)25(30)28-14-2-3-15-28/h4-11,21H,2-3,12-17H2,1H3. The van der Waals surface area contributed by atoms with Crippen LogP contribution in [0, 0.1) is 12.8 Å². The average Bonchev–Trinajstić information content (AvgIpc) is 3.57. The second-order valence-corrected chi connectivity index (χ2v) is 11.0. The molecular formula is C25H28N4O4S. The van der Waals surface area contributed by atoms with Gasteiger partial charge in [-0.2, -0.15) is 9.29 Å². The number of carbonyl (C=O) groups excluding carboxylic acids is 1. The Morgan fingerprint density at radius 3 is 2.18 bits per heavy atom. The lowest BCUT2D eigenvalue weighted by Gasteiger charge is -2.32. The van der Waals surface area contributed by atoms with Crippen molar-refractivity contribution in [2.75, 3.05) is 26.2 Å². The summed E-state index contributed by atoms with van der Waals surface area (Å²) >= 11 is 0. The Hall–Kier alpha value is -3.04. The van der Waals surface area contributed by atoms with Crippen molar-refractivity contribution >= 4 is 15.9 Å². The summed E-state index contributed by atoms with van der Waals surface area (Å²) in [6.45, 7) is 4.39. The lowest BCUT2D eigenvalue weighted by atomic mass is 9.97. The lowest BCUT2D eigenvalue weighted by molar-refractivity contribution is -0.135. The predicted octanol–water partition coefficient (Wildman–Crippen LogP) is 3.74. The molecule has 0 saturated carbocycles. The number of aryl methyl sites for hydroxylation is 1. The fourth-order valence-corrected chi connectivity index (χ4v) is 6.09. The molecule has 2 aliphatic rings. The molecule has 0 unspecified atom stereocenters. The van der Waals surface area contributed by atoms with Crippen molar-refractivity contribution in [1.29, 1.82) is 0 Å². The Kier molecular flexibility index (Phi) is 6.22. The summed E-state index contributed by atoms with van der Waals surface area (Å²) in [6, 6.07) is 14.3. The van der Waals surface area contributed by atoms with Crippen LogP contribution in [0.4, 0.5) is 0 Å². The highest BCUT2D eigenvalue weighted by atomic mass is 32.2. The van der Waals surface area contributed by atoms with E-state index in [4.69, 9.17) is 4.52 Å². The first-order chi connectivity index (χ1) is 16.4. The van der Waals surface area contributed by atoms with Gasteiger partial charge in [-0.05, 0) is 69.0 Å². The average molecular weight is 481 g/mol.